The summed E-state index contributed by atoms with van der Waals surface area (Å²) in [6, 6.07) is 9.94. The van der Waals surface area contributed by atoms with Gasteiger partial charge in [0.05, 0.1) is 18.5 Å². The summed E-state index contributed by atoms with van der Waals surface area (Å²) < 4.78 is 31.4. The lowest BCUT2D eigenvalue weighted by atomic mass is 10.1. The van der Waals surface area contributed by atoms with E-state index in [1.54, 1.807) is 0 Å². The molecule has 1 atom stereocenters. The van der Waals surface area contributed by atoms with E-state index in [-0.39, 0.29) is 11.9 Å². The summed E-state index contributed by atoms with van der Waals surface area (Å²) in [6.45, 7) is 1.60. The van der Waals surface area contributed by atoms with Gasteiger partial charge in [-0.25, -0.2) is 8.42 Å². The van der Waals surface area contributed by atoms with Crippen molar-refractivity contribution < 1.29 is 13.2 Å². The van der Waals surface area contributed by atoms with Crippen molar-refractivity contribution in [2.24, 2.45) is 5.73 Å². The molecule has 112 valence electrons. The molecule has 20 heavy (non-hydrogen) atoms. The Labute approximate surface area is 120 Å². The van der Waals surface area contributed by atoms with Crippen LogP contribution in [-0.4, -0.2) is 50.8 Å². The van der Waals surface area contributed by atoms with Crippen molar-refractivity contribution in [3.05, 3.63) is 35.9 Å². The SMILES string of the molecule is NCC1CN(S(=O)(=O)CCCc2ccccc2)CCO1. The van der Waals surface area contributed by atoms with Crippen LogP contribution in [0.2, 0.25) is 0 Å². The zero-order valence-electron chi connectivity index (χ0n) is 11.6. The van der Waals surface area contributed by atoms with Gasteiger partial charge in [0.2, 0.25) is 10.0 Å². The Kier molecular flexibility index (Phi) is 5.54. The molecule has 2 rings (SSSR count). The van der Waals surface area contributed by atoms with E-state index in [0.717, 1.165) is 6.42 Å². The Morgan fingerprint density at radius 2 is 2.05 bits per heavy atom. The predicted molar refractivity (Wildman–Crippen MR) is 78.9 cm³/mol. The van der Waals surface area contributed by atoms with E-state index >= 15 is 0 Å². The van der Waals surface area contributed by atoms with Crippen LogP contribution in [0.5, 0.6) is 0 Å². The van der Waals surface area contributed by atoms with Crippen LogP contribution in [0.25, 0.3) is 0 Å². The molecule has 1 aliphatic rings. The van der Waals surface area contributed by atoms with E-state index in [2.05, 4.69) is 0 Å². The van der Waals surface area contributed by atoms with E-state index < -0.39 is 10.0 Å². The average Bonchev–Trinajstić information content (AvgIpc) is 2.48. The number of hydrogen-bond donors (Lipinski definition) is 1. The third-order valence-corrected chi connectivity index (χ3v) is 5.39. The highest BCUT2D eigenvalue weighted by Crippen LogP contribution is 2.12. The van der Waals surface area contributed by atoms with Gasteiger partial charge in [0.1, 0.15) is 0 Å². The monoisotopic (exact) mass is 298 g/mol. The average molecular weight is 298 g/mol. The molecule has 5 nitrogen and oxygen atoms in total. The predicted octanol–water partition coefficient (Wildman–Crippen LogP) is 0.609. The Bertz CT molecular complexity index is 504. The van der Waals surface area contributed by atoms with Crippen molar-refractivity contribution in [1.29, 1.82) is 0 Å². The molecule has 1 saturated heterocycles. The van der Waals surface area contributed by atoms with Gasteiger partial charge in [-0.2, -0.15) is 4.31 Å². The molecule has 0 spiro atoms. The van der Waals surface area contributed by atoms with Gasteiger partial charge >= 0.3 is 0 Å². The quantitative estimate of drug-likeness (QED) is 0.835. The Morgan fingerprint density at radius 1 is 1.30 bits per heavy atom. The molecular weight excluding hydrogens is 276 g/mol. The number of hydrogen-bond acceptors (Lipinski definition) is 4. The number of sulfonamides is 1. The Morgan fingerprint density at radius 3 is 2.75 bits per heavy atom. The molecule has 0 radical (unpaired) electrons. The Hall–Kier alpha value is -0.950. The summed E-state index contributed by atoms with van der Waals surface area (Å²) in [5, 5.41) is 0. The smallest absolute Gasteiger partial charge is 0.214 e. The minimum Gasteiger partial charge on any atom is -0.374 e. The standard InChI is InChI=1S/C14H22N2O3S/c15-11-14-12-16(8-9-19-14)20(17,18)10-4-7-13-5-2-1-3-6-13/h1-3,5-6,14H,4,7-12,15H2. The van der Waals surface area contributed by atoms with Crippen LogP contribution in [0, 0.1) is 0 Å². The van der Waals surface area contributed by atoms with Gasteiger partial charge in [0.15, 0.2) is 0 Å². The first-order valence-electron chi connectivity index (χ1n) is 6.95. The second-order valence-electron chi connectivity index (χ2n) is 4.99. The maximum Gasteiger partial charge on any atom is 0.214 e. The van der Waals surface area contributed by atoms with E-state index in [4.69, 9.17) is 10.5 Å². The first-order chi connectivity index (χ1) is 9.62. The summed E-state index contributed by atoms with van der Waals surface area (Å²) in [4.78, 5) is 0. The molecule has 0 saturated carbocycles. The molecule has 0 bridgehead atoms. The highest BCUT2D eigenvalue weighted by atomic mass is 32.2. The van der Waals surface area contributed by atoms with Crippen molar-refractivity contribution in [2.75, 3.05) is 32.0 Å². The van der Waals surface area contributed by atoms with Crippen LogP contribution in [0.15, 0.2) is 30.3 Å². The van der Waals surface area contributed by atoms with E-state index in [1.807, 2.05) is 30.3 Å². The molecule has 1 unspecified atom stereocenters. The fraction of sp³-hybridized carbons (Fsp3) is 0.571. The first-order valence-corrected chi connectivity index (χ1v) is 8.56. The third-order valence-electron chi connectivity index (χ3n) is 3.47. The normalized spacial score (nSPS) is 20.9. The minimum absolute atomic E-state index is 0.173. The number of nitrogens with two attached hydrogens (primary N) is 1. The van der Waals surface area contributed by atoms with Gasteiger partial charge in [0, 0.05) is 19.6 Å². The van der Waals surface area contributed by atoms with Crippen molar-refractivity contribution in [1.82, 2.24) is 4.31 Å². The lowest BCUT2D eigenvalue weighted by Crippen LogP contribution is -2.48. The molecule has 1 aromatic carbocycles. The van der Waals surface area contributed by atoms with Gasteiger partial charge in [-0.05, 0) is 18.4 Å². The largest absolute Gasteiger partial charge is 0.374 e. The van der Waals surface area contributed by atoms with Gasteiger partial charge in [-0.1, -0.05) is 30.3 Å². The molecule has 0 amide bonds. The van der Waals surface area contributed by atoms with Crippen molar-refractivity contribution in [3.63, 3.8) is 0 Å². The molecule has 2 N–H and O–H groups in total. The number of rotatable bonds is 6. The fourth-order valence-corrected chi connectivity index (χ4v) is 3.83. The van der Waals surface area contributed by atoms with Crippen molar-refractivity contribution in [3.8, 4) is 0 Å². The van der Waals surface area contributed by atoms with Gasteiger partial charge < -0.3 is 10.5 Å². The zero-order valence-corrected chi connectivity index (χ0v) is 12.4. The maximum absolute atomic E-state index is 12.3. The van der Waals surface area contributed by atoms with Crippen LogP contribution in [0.3, 0.4) is 0 Å². The summed E-state index contributed by atoms with van der Waals surface area (Å²) in [5.41, 5.74) is 6.71. The zero-order chi connectivity index (χ0) is 14.4. The fourth-order valence-electron chi connectivity index (χ4n) is 2.32. The maximum atomic E-state index is 12.3. The van der Waals surface area contributed by atoms with E-state index in [9.17, 15) is 8.42 Å². The number of aryl methyl sites for hydroxylation is 1. The highest BCUT2D eigenvalue weighted by Gasteiger charge is 2.28. The molecule has 6 heteroatoms. The van der Waals surface area contributed by atoms with Crippen LogP contribution in [0.4, 0.5) is 0 Å². The van der Waals surface area contributed by atoms with Gasteiger partial charge in [-0.15, -0.1) is 0 Å². The molecule has 0 aliphatic carbocycles. The molecule has 1 fully saturated rings. The molecule has 1 aromatic rings. The Balaban J connectivity index is 1.84. The van der Waals surface area contributed by atoms with Crippen LogP contribution < -0.4 is 5.73 Å². The summed E-state index contributed by atoms with van der Waals surface area (Å²) in [5.74, 6) is 0.180. The van der Waals surface area contributed by atoms with Crippen LogP contribution >= 0.6 is 0 Å². The summed E-state index contributed by atoms with van der Waals surface area (Å²) in [7, 11) is -3.20. The molecule has 1 aliphatic heterocycles. The number of nitrogens with zero attached hydrogens (tertiary/aromatic N) is 1. The van der Waals surface area contributed by atoms with Crippen molar-refractivity contribution >= 4 is 10.0 Å². The number of ether oxygens (including phenoxy) is 1. The van der Waals surface area contributed by atoms with Gasteiger partial charge in [0.25, 0.3) is 0 Å². The second-order valence-corrected chi connectivity index (χ2v) is 7.08. The number of morpholine rings is 1. The topological polar surface area (TPSA) is 72.6 Å². The van der Waals surface area contributed by atoms with E-state index in [1.165, 1.54) is 9.87 Å². The minimum atomic E-state index is -3.20. The molecule has 0 aromatic heterocycles. The van der Waals surface area contributed by atoms with Crippen LogP contribution in [-0.2, 0) is 21.2 Å². The lowest BCUT2D eigenvalue weighted by Gasteiger charge is -2.31. The van der Waals surface area contributed by atoms with Crippen molar-refractivity contribution in [2.45, 2.75) is 18.9 Å². The second kappa shape index (κ2) is 7.17. The molecule has 1 heterocycles. The lowest BCUT2D eigenvalue weighted by molar-refractivity contribution is 0.00451. The first kappa shape index (κ1) is 15.4. The number of benzene rings is 1. The summed E-state index contributed by atoms with van der Waals surface area (Å²) >= 11 is 0. The van der Waals surface area contributed by atoms with E-state index in [0.29, 0.717) is 32.7 Å². The summed E-state index contributed by atoms with van der Waals surface area (Å²) in [6.07, 6.45) is 1.24. The third kappa shape index (κ3) is 4.28. The molecular formula is C14H22N2O3S. The van der Waals surface area contributed by atoms with Crippen LogP contribution in [0.1, 0.15) is 12.0 Å². The van der Waals surface area contributed by atoms with Gasteiger partial charge in [-0.3, -0.25) is 0 Å². The highest BCUT2D eigenvalue weighted by molar-refractivity contribution is 7.89.